The molecular weight excluding hydrogens is 524 g/mol. The average molecular weight is 555 g/mol. The minimum Gasteiger partial charge on any atom is -0.494 e. The van der Waals surface area contributed by atoms with Crippen molar-refractivity contribution < 1.29 is 24.2 Å². The van der Waals surface area contributed by atoms with Crippen molar-refractivity contribution in [3.05, 3.63) is 120 Å². The molecule has 0 radical (unpaired) electrons. The molecule has 0 fully saturated rings. The van der Waals surface area contributed by atoms with Crippen LogP contribution < -0.4 is 15.4 Å². The van der Waals surface area contributed by atoms with Crippen molar-refractivity contribution in [2.45, 2.75) is 29.9 Å². The number of anilines is 2. The molecule has 4 rings (SSSR count). The minimum atomic E-state index is -1.18. The summed E-state index contributed by atoms with van der Waals surface area (Å²) >= 11 is 1.35. The molecule has 8 heteroatoms. The Labute approximate surface area is 237 Å². The zero-order valence-corrected chi connectivity index (χ0v) is 22.8. The number of benzene rings is 4. The standard InChI is InChI=1S/C32H30N2O5S/c1-2-3-20-39-25-18-16-23(17-19-25)33-31(36)29(22-10-5-4-6-11-22)40-26-13-9-12-24(21-26)34-30(35)27-14-7-8-15-28(27)32(37)38/h4-19,21,29H,2-3,20H2,1H3,(H,33,36)(H,34,35)(H,37,38). The van der Waals surface area contributed by atoms with Gasteiger partial charge in [-0.15, -0.1) is 11.8 Å². The van der Waals surface area contributed by atoms with Crippen LogP contribution in [0.25, 0.3) is 0 Å². The Kier molecular flexibility index (Phi) is 9.96. The van der Waals surface area contributed by atoms with E-state index in [0.29, 0.717) is 18.0 Å². The second-order valence-corrected chi connectivity index (χ2v) is 10.1. The second kappa shape index (κ2) is 14.0. The molecule has 1 unspecified atom stereocenters. The first-order valence-electron chi connectivity index (χ1n) is 12.9. The maximum absolute atomic E-state index is 13.5. The zero-order chi connectivity index (χ0) is 28.3. The van der Waals surface area contributed by atoms with Gasteiger partial charge in [0.05, 0.1) is 17.7 Å². The maximum atomic E-state index is 13.5. The molecule has 0 bridgehead atoms. The SMILES string of the molecule is CCCCOc1ccc(NC(=O)C(Sc2cccc(NC(=O)c3ccccc3C(=O)O)c2)c2ccccc2)cc1. The molecule has 1 atom stereocenters. The van der Waals surface area contributed by atoms with E-state index in [9.17, 15) is 19.5 Å². The van der Waals surface area contributed by atoms with Gasteiger partial charge in [-0.1, -0.05) is 61.9 Å². The number of carbonyl (C=O) groups excluding carboxylic acids is 2. The van der Waals surface area contributed by atoms with Gasteiger partial charge in [0, 0.05) is 16.3 Å². The molecule has 0 aliphatic rings. The van der Waals surface area contributed by atoms with E-state index in [2.05, 4.69) is 17.6 Å². The normalized spacial score (nSPS) is 11.3. The van der Waals surface area contributed by atoms with Gasteiger partial charge >= 0.3 is 5.97 Å². The number of hydrogen-bond acceptors (Lipinski definition) is 5. The van der Waals surface area contributed by atoms with E-state index in [-0.39, 0.29) is 17.0 Å². The number of thioether (sulfide) groups is 1. The van der Waals surface area contributed by atoms with Crippen LogP contribution in [0.4, 0.5) is 11.4 Å². The van der Waals surface area contributed by atoms with Gasteiger partial charge in [-0.2, -0.15) is 0 Å². The van der Waals surface area contributed by atoms with Crippen molar-refractivity contribution in [2.75, 3.05) is 17.2 Å². The van der Waals surface area contributed by atoms with Gasteiger partial charge < -0.3 is 20.5 Å². The first kappa shape index (κ1) is 28.4. The van der Waals surface area contributed by atoms with Crippen molar-refractivity contribution in [3.63, 3.8) is 0 Å². The fourth-order valence-corrected chi connectivity index (χ4v) is 5.01. The molecule has 40 heavy (non-hydrogen) atoms. The van der Waals surface area contributed by atoms with Crippen LogP contribution in [0.3, 0.4) is 0 Å². The summed E-state index contributed by atoms with van der Waals surface area (Å²) in [7, 11) is 0. The fraction of sp³-hybridized carbons (Fsp3) is 0.156. The van der Waals surface area contributed by atoms with Crippen LogP contribution in [-0.4, -0.2) is 29.5 Å². The molecule has 2 amide bonds. The van der Waals surface area contributed by atoms with Crippen LogP contribution >= 0.6 is 11.8 Å². The van der Waals surface area contributed by atoms with Gasteiger partial charge in [0.2, 0.25) is 5.91 Å². The van der Waals surface area contributed by atoms with Crippen molar-refractivity contribution in [3.8, 4) is 5.75 Å². The number of carboxylic acid groups (broad SMARTS) is 1. The number of amides is 2. The zero-order valence-electron chi connectivity index (χ0n) is 22.0. The predicted octanol–water partition coefficient (Wildman–Crippen LogP) is 7.29. The molecule has 3 N–H and O–H groups in total. The summed E-state index contributed by atoms with van der Waals surface area (Å²) in [6.07, 6.45) is 2.04. The molecule has 0 aliphatic heterocycles. The van der Waals surface area contributed by atoms with Crippen LogP contribution in [0.2, 0.25) is 0 Å². The number of nitrogens with one attached hydrogen (secondary N) is 2. The topological polar surface area (TPSA) is 105 Å². The number of unbranched alkanes of at least 4 members (excludes halogenated alkanes) is 1. The van der Waals surface area contributed by atoms with Crippen LogP contribution in [0.5, 0.6) is 5.75 Å². The van der Waals surface area contributed by atoms with Gasteiger partial charge in [0.1, 0.15) is 11.0 Å². The van der Waals surface area contributed by atoms with E-state index in [1.807, 2.05) is 60.7 Å². The third-order valence-electron chi connectivity index (χ3n) is 5.98. The predicted molar refractivity (Wildman–Crippen MR) is 158 cm³/mol. The van der Waals surface area contributed by atoms with E-state index in [1.54, 1.807) is 30.3 Å². The van der Waals surface area contributed by atoms with E-state index >= 15 is 0 Å². The molecule has 0 spiro atoms. The Morgan fingerprint density at radius 2 is 1.50 bits per heavy atom. The Bertz CT molecular complexity index is 1460. The lowest BCUT2D eigenvalue weighted by molar-refractivity contribution is -0.115. The van der Waals surface area contributed by atoms with Gasteiger partial charge in [-0.25, -0.2) is 4.79 Å². The molecular formula is C32H30N2O5S. The Morgan fingerprint density at radius 3 is 2.20 bits per heavy atom. The number of rotatable bonds is 12. The van der Waals surface area contributed by atoms with E-state index in [1.165, 1.54) is 23.9 Å². The Hall–Kier alpha value is -4.56. The first-order chi connectivity index (χ1) is 19.4. The van der Waals surface area contributed by atoms with Gasteiger partial charge in [-0.3, -0.25) is 9.59 Å². The quantitative estimate of drug-likeness (QED) is 0.125. The minimum absolute atomic E-state index is 0.0661. The molecule has 0 aliphatic carbocycles. The smallest absolute Gasteiger partial charge is 0.336 e. The van der Waals surface area contributed by atoms with Crippen LogP contribution in [0.15, 0.2) is 108 Å². The number of carbonyl (C=O) groups is 3. The highest BCUT2D eigenvalue weighted by Gasteiger charge is 2.23. The highest BCUT2D eigenvalue weighted by molar-refractivity contribution is 8.00. The average Bonchev–Trinajstić information content (AvgIpc) is 2.97. The molecule has 204 valence electrons. The molecule has 4 aromatic carbocycles. The van der Waals surface area contributed by atoms with Gasteiger partial charge in [0.25, 0.3) is 5.91 Å². The van der Waals surface area contributed by atoms with E-state index in [0.717, 1.165) is 29.1 Å². The van der Waals surface area contributed by atoms with Gasteiger partial charge in [-0.05, 0) is 66.6 Å². The number of ether oxygens (including phenoxy) is 1. The van der Waals surface area contributed by atoms with Crippen molar-refractivity contribution in [1.29, 1.82) is 0 Å². The summed E-state index contributed by atoms with van der Waals surface area (Å²) in [5.74, 6) is -1.14. The van der Waals surface area contributed by atoms with Gasteiger partial charge in [0.15, 0.2) is 0 Å². The summed E-state index contributed by atoms with van der Waals surface area (Å²) in [6.45, 7) is 2.76. The number of carboxylic acids is 1. The molecule has 0 aromatic heterocycles. The lowest BCUT2D eigenvalue weighted by atomic mass is 10.1. The van der Waals surface area contributed by atoms with Crippen molar-refractivity contribution >= 4 is 40.9 Å². The number of aromatic carboxylic acids is 1. The van der Waals surface area contributed by atoms with Crippen molar-refractivity contribution in [1.82, 2.24) is 0 Å². The summed E-state index contributed by atoms with van der Waals surface area (Å²) in [6, 6.07) is 29.9. The van der Waals surface area contributed by atoms with Crippen molar-refractivity contribution in [2.24, 2.45) is 0 Å². The fourth-order valence-electron chi connectivity index (χ4n) is 3.93. The Morgan fingerprint density at radius 1 is 0.800 bits per heavy atom. The summed E-state index contributed by atoms with van der Waals surface area (Å²) < 4.78 is 5.71. The first-order valence-corrected chi connectivity index (χ1v) is 13.8. The molecule has 7 nitrogen and oxygen atoms in total. The third kappa shape index (κ3) is 7.74. The maximum Gasteiger partial charge on any atom is 0.336 e. The van der Waals surface area contributed by atoms with Crippen LogP contribution in [0.1, 0.15) is 51.3 Å². The largest absolute Gasteiger partial charge is 0.494 e. The third-order valence-corrected chi connectivity index (χ3v) is 7.22. The highest BCUT2D eigenvalue weighted by atomic mass is 32.2. The summed E-state index contributed by atoms with van der Waals surface area (Å²) in [5.41, 5.74) is 1.96. The van der Waals surface area contributed by atoms with Crippen LogP contribution in [0, 0.1) is 0 Å². The van der Waals surface area contributed by atoms with Crippen LogP contribution in [-0.2, 0) is 4.79 Å². The summed E-state index contributed by atoms with van der Waals surface area (Å²) in [4.78, 5) is 38.6. The van der Waals surface area contributed by atoms with E-state index < -0.39 is 17.1 Å². The second-order valence-electron chi connectivity index (χ2n) is 8.96. The summed E-state index contributed by atoms with van der Waals surface area (Å²) in [5, 5.41) is 14.6. The van der Waals surface area contributed by atoms with E-state index in [4.69, 9.17) is 4.74 Å². The number of hydrogen-bond donors (Lipinski definition) is 3. The molecule has 0 saturated heterocycles. The Balaban J connectivity index is 1.49. The monoisotopic (exact) mass is 554 g/mol. The lowest BCUT2D eigenvalue weighted by Gasteiger charge is -2.18. The lowest BCUT2D eigenvalue weighted by Crippen LogP contribution is -2.19. The molecule has 4 aromatic rings. The molecule has 0 heterocycles. The molecule has 0 saturated carbocycles. The highest BCUT2D eigenvalue weighted by Crippen LogP contribution is 2.37.